The van der Waals surface area contributed by atoms with Gasteiger partial charge in [-0.25, -0.2) is 4.98 Å². The van der Waals surface area contributed by atoms with Crippen molar-refractivity contribution in [2.45, 2.75) is 19.9 Å². The van der Waals surface area contributed by atoms with Gasteiger partial charge in [-0.15, -0.1) is 0 Å². The maximum Gasteiger partial charge on any atom is 0.162 e. The van der Waals surface area contributed by atoms with Crippen molar-refractivity contribution in [3.63, 3.8) is 0 Å². The summed E-state index contributed by atoms with van der Waals surface area (Å²) < 4.78 is 2.02. The molecule has 0 aliphatic carbocycles. The molecule has 0 amide bonds. The highest BCUT2D eigenvalue weighted by molar-refractivity contribution is 5.96. The number of nitrogens with one attached hydrogen (secondary N) is 1. The summed E-state index contributed by atoms with van der Waals surface area (Å²) in [5, 5.41) is 3.31. The monoisotopic (exact) mass is 243 g/mol. The third kappa shape index (κ3) is 3.20. The van der Waals surface area contributed by atoms with Crippen molar-refractivity contribution in [3.05, 3.63) is 48.5 Å². The van der Waals surface area contributed by atoms with Gasteiger partial charge in [-0.2, -0.15) is 0 Å². The predicted octanol–water partition coefficient (Wildman–Crippen LogP) is 2.59. The number of Topliss-reactive ketones (excluding diaryl/α,β-unsaturated/α-hetero) is 1. The van der Waals surface area contributed by atoms with Crippen molar-refractivity contribution in [1.29, 1.82) is 0 Å². The predicted molar refractivity (Wildman–Crippen MR) is 71.8 cm³/mol. The van der Waals surface area contributed by atoms with E-state index in [9.17, 15) is 4.79 Å². The Morgan fingerprint density at radius 1 is 1.33 bits per heavy atom. The summed E-state index contributed by atoms with van der Waals surface area (Å²) in [5.41, 5.74) is 1.81. The molecule has 4 heteroatoms. The molecule has 2 aromatic rings. The lowest BCUT2D eigenvalue weighted by atomic mass is 10.1. The van der Waals surface area contributed by atoms with Crippen LogP contribution in [0, 0.1) is 0 Å². The highest BCUT2D eigenvalue weighted by Crippen LogP contribution is 2.10. The molecule has 1 N–H and O–H groups in total. The minimum absolute atomic E-state index is 0.181. The molecule has 18 heavy (non-hydrogen) atoms. The number of imidazole rings is 1. The summed E-state index contributed by atoms with van der Waals surface area (Å²) in [6, 6.07) is 7.62. The van der Waals surface area contributed by atoms with Crippen LogP contribution in [0.2, 0.25) is 0 Å². The van der Waals surface area contributed by atoms with Crippen LogP contribution in [0.3, 0.4) is 0 Å². The second-order valence-corrected chi connectivity index (χ2v) is 4.08. The molecule has 94 valence electrons. The van der Waals surface area contributed by atoms with E-state index in [0.717, 1.165) is 24.3 Å². The molecule has 0 aliphatic rings. The molecule has 0 spiro atoms. The first-order valence-electron chi connectivity index (χ1n) is 6.12. The smallest absolute Gasteiger partial charge is 0.162 e. The Morgan fingerprint density at radius 2 is 2.11 bits per heavy atom. The Labute approximate surface area is 107 Å². The van der Waals surface area contributed by atoms with E-state index in [2.05, 4.69) is 10.3 Å². The molecule has 0 atom stereocenters. The average Bonchev–Trinajstić information content (AvgIpc) is 2.92. The number of hydrogen-bond acceptors (Lipinski definition) is 3. The molecule has 1 aromatic carbocycles. The van der Waals surface area contributed by atoms with Gasteiger partial charge in [0.1, 0.15) is 0 Å². The Kier molecular flexibility index (Phi) is 4.12. The van der Waals surface area contributed by atoms with Crippen LogP contribution in [0.25, 0.3) is 0 Å². The fraction of sp³-hybridized carbons (Fsp3) is 0.286. The number of hydrogen-bond donors (Lipinski definition) is 1. The molecule has 0 unspecified atom stereocenters. The molecule has 0 bridgehead atoms. The molecule has 0 saturated heterocycles. The van der Waals surface area contributed by atoms with Crippen molar-refractivity contribution in [1.82, 2.24) is 9.55 Å². The van der Waals surface area contributed by atoms with Gasteiger partial charge in [0, 0.05) is 43.2 Å². The van der Waals surface area contributed by atoms with Crippen molar-refractivity contribution in [3.8, 4) is 0 Å². The zero-order valence-electron chi connectivity index (χ0n) is 10.5. The summed E-state index contributed by atoms with van der Waals surface area (Å²) in [6.07, 6.45) is 6.05. The van der Waals surface area contributed by atoms with Crippen molar-refractivity contribution in [2.75, 3.05) is 11.9 Å². The van der Waals surface area contributed by atoms with E-state index in [1.54, 1.807) is 12.5 Å². The summed E-state index contributed by atoms with van der Waals surface area (Å²) in [5.74, 6) is 0.181. The lowest BCUT2D eigenvalue weighted by Crippen LogP contribution is -2.09. The van der Waals surface area contributed by atoms with Crippen LogP contribution in [-0.2, 0) is 6.54 Å². The van der Waals surface area contributed by atoms with E-state index < -0.39 is 0 Å². The third-order valence-corrected chi connectivity index (χ3v) is 2.79. The van der Waals surface area contributed by atoms with Crippen LogP contribution in [0.1, 0.15) is 23.7 Å². The van der Waals surface area contributed by atoms with Crippen LogP contribution in [0.5, 0.6) is 0 Å². The maximum atomic E-state index is 11.5. The van der Waals surface area contributed by atoms with Crippen LogP contribution < -0.4 is 5.32 Å². The van der Waals surface area contributed by atoms with E-state index in [1.807, 2.05) is 42.0 Å². The number of benzene rings is 1. The highest BCUT2D eigenvalue weighted by atomic mass is 16.1. The van der Waals surface area contributed by atoms with Crippen LogP contribution in [0.4, 0.5) is 5.69 Å². The van der Waals surface area contributed by atoms with E-state index in [4.69, 9.17) is 0 Å². The normalized spacial score (nSPS) is 10.3. The standard InChI is InChI=1S/C14H17N3O/c1-2-14(18)12-3-5-13(6-4-12)16-8-10-17-9-7-15-11-17/h3-7,9,11,16H,2,8,10H2,1H3. The average molecular weight is 243 g/mol. The lowest BCUT2D eigenvalue weighted by Gasteiger charge is -2.07. The minimum atomic E-state index is 0.181. The first-order chi connectivity index (χ1) is 8.79. The molecular formula is C14H17N3O. The van der Waals surface area contributed by atoms with Crippen molar-refractivity contribution >= 4 is 11.5 Å². The largest absolute Gasteiger partial charge is 0.383 e. The number of carbonyl (C=O) groups excluding carboxylic acids is 1. The molecule has 4 nitrogen and oxygen atoms in total. The second-order valence-electron chi connectivity index (χ2n) is 4.08. The number of ketones is 1. The topological polar surface area (TPSA) is 46.9 Å². The van der Waals surface area contributed by atoms with Gasteiger partial charge >= 0.3 is 0 Å². The number of nitrogens with zero attached hydrogens (tertiary/aromatic N) is 2. The maximum absolute atomic E-state index is 11.5. The Bertz CT molecular complexity index is 488. The van der Waals surface area contributed by atoms with Crippen LogP contribution >= 0.6 is 0 Å². The minimum Gasteiger partial charge on any atom is -0.383 e. The molecule has 0 saturated carbocycles. The zero-order valence-corrected chi connectivity index (χ0v) is 10.5. The fourth-order valence-electron chi connectivity index (χ4n) is 1.73. The molecule has 0 fully saturated rings. The molecule has 2 rings (SSSR count). The van der Waals surface area contributed by atoms with Crippen LogP contribution in [0.15, 0.2) is 43.0 Å². The number of anilines is 1. The van der Waals surface area contributed by atoms with Gasteiger partial charge in [0.05, 0.1) is 6.33 Å². The van der Waals surface area contributed by atoms with E-state index in [1.165, 1.54) is 0 Å². The molecular weight excluding hydrogens is 226 g/mol. The molecule has 1 aromatic heterocycles. The van der Waals surface area contributed by atoms with Crippen molar-refractivity contribution < 1.29 is 4.79 Å². The quantitative estimate of drug-likeness (QED) is 0.793. The summed E-state index contributed by atoms with van der Waals surface area (Å²) in [4.78, 5) is 15.4. The Balaban J connectivity index is 1.85. The Morgan fingerprint density at radius 3 is 2.72 bits per heavy atom. The summed E-state index contributed by atoms with van der Waals surface area (Å²) >= 11 is 0. The summed E-state index contributed by atoms with van der Waals surface area (Å²) in [6.45, 7) is 3.58. The van der Waals surface area contributed by atoms with E-state index in [-0.39, 0.29) is 5.78 Å². The number of rotatable bonds is 6. The van der Waals surface area contributed by atoms with Crippen molar-refractivity contribution in [2.24, 2.45) is 0 Å². The third-order valence-electron chi connectivity index (χ3n) is 2.79. The SMILES string of the molecule is CCC(=O)c1ccc(NCCn2ccnc2)cc1. The van der Waals surface area contributed by atoms with Gasteiger partial charge in [0.15, 0.2) is 5.78 Å². The first kappa shape index (κ1) is 12.4. The zero-order chi connectivity index (χ0) is 12.8. The Hall–Kier alpha value is -2.10. The van der Waals surface area contributed by atoms with Crippen LogP contribution in [-0.4, -0.2) is 21.9 Å². The second kappa shape index (κ2) is 6.00. The first-order valence-corrected chi connectivity index (χ1v) is 6.12. The highest BCUT2D eigenvalue weighted by Gasteiger charge is 2.01. The molecule has 0 aliphatic heterocycles. The van der Waals surface area contributed by atoms with Gasteiger partial charge in [0.2, 0.25) is 0 Å². The van der Waals surface area contributed by atoms with Gasteiger partial charge in [-0.3, -0.25) is 4.79 Å². The molecule has 0 radical (unpaired) electrons. The number of carbonyl (C=O) groups is 1. The van der Waals surface area contributed by atoms with Gasteiger partial charge in [-0.1, -0.05) is 6.92 Å². The lowest BCUT2D eigenvalue weighted by molar-refractivity contribution is 0.0988. The number of aromatic nitrogens is 2. The molecule has 1 heterocycles. The van der Waals surface area contributed by atoms with Gasteiger partial charge in [0.25, 0.3) is 0 Å². The van der Waals surface area contributed by atoms with E-state index >= 15 is 0 Å². The summed E-state index contributed by atoms with van der Waals surface area (Å²) in [7, 11) is 0. The van der Waals surface area contributed by atoms with E-state index in [0.29, 0.717) is 6.42 Å². The van der Waals surface area contributed by atoms with Gasteiger partial charge < -0.3 is 9.88 Å². The van der Waals surface area contributed by atoms with Gasteiger partial charge in [-0.05, 0) is 24.3 Å². The fourth-order valence-corrected chi connectivity index (χ4v) is 1.73.